The summed E-state index contributed by atoms with van der Waals surface area (Å²) in [6, 6.07) is 15.6. The van der Waals surface area contributed by atoms with Crippen molar-refractivity contribution in [2.24, 2.45) is 0 Å². The molecule has 1 amide bonds. The maximum atomic E-state index is 12.1. The molecular formula is C21H23N3O3S. The predicted molar refractivity (Wildman–Crippen MR) is 110 cm³/mol. The zero-order valence-corrected chi connectivity index (χ0v) is 16.8. The zero-order chi connectivity index (χ0) is 19.8. The van der Waals surface area contributed by atoms with Crippen LogP contribution in [0.5, 0.6) is 11.5 Å². The molecular weight excluding hydrogens is 374 g/mol. The maximum absolute atomic E-state index is 12.1. The van der Waals surface area contributed by atoms with Crippen molar-refractivity contribution in [2.45, 2.75) is 26.7 Å². The first-order chi connectivity index (χ1) is 13.6. The van der Waals surface area contributed by atoms with Crippen LogP contribution in [0.2, 0.25) is 0 Å². The average Bonchev–Trinajstić information content (AvgIpc) is 3.14. The van der Waals surface area contributed by atoms with E-state index >= 15 is 0 Å². The van der Waals surface area contributed by atoms with E-state index in [2.05, 4.69) is 22.4 Å². The third-order valence-corrected chi connectivity index (χ3v) is 4.86. The van der Waals surface area contributed by atoms with Crippen molar-refractivity contribution >= 4 is 22.4 Å². The number of ether oxygens (including phenoxy) is 2. The van der Waals surface area contributed by atoms with Gasteiger partial charge in [0.1, 0.15) is 16.5 Å². The molecule has 0 unspecified atom stereocenters. The van der Waals surface area contributed by atoms with Crippen LogP contribution in [0.15, 0.2) is 48.5 Å². The minimum absolute atomic E-state index is 0.0709. The molecule has 3 aromatic rings. The minimum atomic E-state index is -0.263. The van der Waals surface area contributed by atoms with Crippen molar-refractivity contribution in [1.29, 1.82) is 0 Å². The average molecular weight is 398 g/mol. The first-order valence-corrected chi connectivity index (χ1v) is 9.97. The van der Waals surface area contributed by atoms with Crippen molar-refractivity contribution in [3.63, 3.8) is 0 Å². The fourth-order valence-electron chi connectivity index (χ4n) is 2.53. The molecule has 0 fully saturated rings. The largest absolute Gasteiger partial charge is 0.493 e. The van der Waals surface area contributed by atoms with Gasteiger partial charge in [0.05, 0.1) is 6.61 Å². The van der Waals surface area contributed by atoms with Crippen molar-refractivity contribution in [3.05, 3.63) is 64.7 Å². The van der Waals surface area contributed by atoms with Gasteiger partial charge in [-0.3, -0.25) is 10.1 Å². The number of anilines is 1. The molecule has 0 spiro atoms. The number of aryl methyl sites for hydroxylation is 2. The van der Waals surface area contributed by atoms with E-state index in [4.69, 9.17) is 9.47 Å². The molecule has 3 rings (SSSR count). The number of rotatable bonds is 9. The second-order valence-corrected chi connectivity index (χ2v) is 7.32. The van der Waals surface area contributed by atoms with Gasteiger partial charge in [-0.25, -0.2) is 0 Å². The SMILES string of the molecule is CCc1cccc(OCC(=O)Nc2nnc(CCOc3cccc(C)c3)s2)c1. The molecule has 146 valence electrons. The fourth-order valence-corrected chi connectivity index (χ4v) is 3.26. The number of hydrogen-bond acceptors (Lipinski definition) is 6. The first kappa shape index (κ1) is 19.8. The van der Waals surface area contributed by atoms with Gasteiger partial charge in [0.15, 0.2) is 6.61 Å². The van der Waals surface area contributed by atoms with Crippen LogP contribution >= 0.6 is 11.3 Å². The van der Waals surface area contributed by atoms with E-state index in [1.54, 1.807) is 0 Å². The maximum Gasteiger partial charge on any atom is 0.264 e. The van der Waals surface area contributed by atoms with E-state index in [0.29, 0.717) is 23.9 Å². The highest BCUT2D eigenvalue weighted by Crippen LogP contribution is 2.18. The lowest BCUT2D eigenvalue weighted by molar-refractivity contribution is -0.118. The van der Waals surface area contributed by atoms with E-state index in [-0.39, 0.29) is 12.5 Å². The van der Waals surface area contributed by atoms with Gasteiger partial charge in [0, 0.05) is 6.42 Å². The van der Waals surface area contributed by atoms with E-state index in [0.717, 1.165) is 22.7 Å². The van der Waals surface area contributed by atoms with Crippen LogP contribution in [-0.4, -0.2) is 29.3 Å². The summed E-state index contributed by atoms with van der Waals surface area (Å²) in [5, 5.41) is 12.1. The Morgan fingerprint density at radius 3 is 2.64 bits per heavy atom. The van der Waals surface area contributed by atoms with Crippen LogP contribution in [0.3, 0.4) is 0 Å². The lowest BCUT2D eigenvalue weighted by Crippen LogP contribution is -2.20. The summed E-state index contributed by atoms with van der Waals surface area (Å²) in [5.41, 5.74) is 2.32. The molecule has 28 heavy (non-hydrogen) atoms. The second kappa shape index (κ2) is 9.85. The smallest absolute Gasteiger partial charge is 0.264 e. The number of nitrogens with zero attached hydrogens (tertiary/aromatic N) is 2. The highest BCUT2D eigenvalue weighted by Gasteiger charge is 2.09. The van der Waals surface area contributed by atoms with Gasteiger partial charge in [0.25, 0.3) is 5.91 Å². The summed E-state index contributed by atoms with van der Waals surface area (Å²) in [5.74, 6) is 1.25. The Labute approximate surface area is 168 Å². The molecule has 1 aromatic heterocycles. The zero-order valence-electron chi connectivity index (χ0n) is 16.0. The van der Waals surface area contributed by atoms with Crippen molar-refractivity contribution in [1.82, 2.24) is 10.2 Å². The van der Waals surface area contributed by atoms with E-state index < -0.39 is 0 Å². The Bertz CT molecular complexity index is 927. The predicted octanol–water partition coefficient (Wildman–Crippen LogP) is 4.05. The summed E-state index contributed by atoms with van der Waals surface area (Å²) in [6.45, 7) is 4.53. The molecule has 0 saturated carbocycles. The van der Waals surface area contributed by atoms with Gasteiger partial charge in [-0.15, -0.1) is 10.2 Å². The second-order valence-electron chi connectivity index (χ2n) is 6.25. The number of nitrogens with one attached hydrogen (secondary N) is 1. The van der Waals surface area contributed by atoms with Crippen LogP contribution in [0.4, 0.5) is 5.13 Å². The van der Waals surface area contributed by atoms with E-state index in [9.17, 15) is 4.79 Å². The highest BCUT2D eigenvalue weighted by atomic mass is 32.1. The highest BCUT2D eigenvalue weighted by molar-refractivity contribution is 7.15. The molecule has 1 heterocycles. The van der Waals surface area contributed by atoms with E-state index in [1.807, 2.05) is 55.5 Å². The van der Waals surface area contributed by atoms with Crippen LogP contribution in [0, 0.1) is 6.92 Å². The van der Waals surface area contributed by atoms with Crippen LogP contribution in [0.1, 0.15) is 23.1 Å². The van der Waals surface area contributed by atoms with E-state index in [1.165, 1.54) is 16.9 Å². The molecule has 0 saturated heterocycles. The third-order valence-electron chi connectivity index (χ3n) is 3.96. The van der Waals surface area contributed by atoms with Gasteiger partial charge in [-0.05, 0) is 48.7 Å². The quantitative estimate of drug-likeness (QED) is 0.590. The van der Waals surface area contributed by atoms with Crippen molar-refractivity contribution in [3.8, 4) is 11.5 Å². The molecule has 7 heteroatoms. The van der Waals surface area contributed by atoms with Gasteiger partial charge in [-0.2, -0.15) is 0 Å². The number of carbonyl (C=O) groups excluding carboxylic acids is 1. The van der Waals surface area contributed by atoms with Crippen LogP contribution < -0.4 is 14.8 Å². The number of carbonyl (C=O) groups is 1. The standard InChI is InChI=1S/C21H23N3O3S/c1-3-16-7-5-9-18(13-16)27-14-19(25)22-21-24-23-20(28-21)10-11-26-17-8-4-6-15(2)12-17/h4-9,12-13H,3,10-11,14H2,1-2H3,(H,22,24,25). The Morgan fingerprint density at radius 2 is 1.86 bits per heavy atom. The van der Waals surface area contributed by atoms with Crippen LogP contribution in [-0.2, 0) is 17.6 Å². The topological polar surface area (TPSA) is 73.3 Å². The van der Waals surface area contributed by atoms with Crippen molar-refractivity contribution in [2.75, 3.05) is 18.5 Å². The Balaban J connectivity index is 1.42. The summed E-state index contributed by atoms with van der Waals surface area (Å²) in [6.07, 6.45) is 1.55. The van der Waals surface area contributed by atoms with Gasteiger partial charge >= 0.3 is 0 Å². The van der Waals surface area contributed by atoms with Gasteiger partial charge in [0.2, 0.25) is 5.13 Å². The van der Waals surface area contributed by atoms with Gasteiger partial charge in [-0.1, -0.05) is 42.5 Å². The lowest BCUT2D eigenvalue weighted by Gasteiger charge is -2.06. The van der Waals surface area contributed by atoms with Crippen LogP contribution in [0.25, 0.3) is 0 Å². The molecule has 2 aromatic carbocycles. The molecule has 0 bridgehead atoms. The number of hydrogen-bond donors (Lipinski definition) is 1. The molecule has 0 atom stereocenters. The van der Waals surface area contributed by atoms with Gasteiger partial charge < -0.3 is 9.47 Å². The van der Waals surface area contributed by atoms with Crippen molar-refractivity contribution < 1.29 is 14.3 Å². The summed E-state index contributed by atoms with van der Waals surface area (Å²) < 4.78 is 11.3. The monoisotopic (exact) mass is 397 g/mol. The minimum Gasteiger partial charge on any atom is -0.493 e. The Morgan fingerprint density at radius 1 is 1.07 bits per heavy atom. The first-order valence-electron chi connectivity index (χ1n) is 9.16. The Kier molecular flexibility index (Phi) is 6.97. The third kappa shape index (κ3) is 6.06. The normalized spacial score (nSPS) is 10.5. The fraction of sp³-hybridized carbons (Fsp3) is 0.286. The molecule has 0 aliphatic rings. The molecule has 6 nitrogen and oxygen atoms in total. The lowest BCUT2D eigenvalue weighted by atomic mass is 10.2. The summed E-state index contributed by atoms with van der Waals surface area (Å²) >= 11 is 1.34. The molecule has 0 aliphatic heterocycles. The number of amides is 1. The molecule has 0 radical (unpaired) electrons. The number of aromatic nitrogens is 2. The number of benzene rings is 2. The summed E-state index contributed by atoms with van der Waals surface area (Å²) in [7, 11) is 0. The molecule has 0 aliphatic carbocycles. The summed E-state index contributed by atoms with van der Waals surface area (Å²) in [4.78, 5) is 12.1. The molecule has 1 N–H and O–H groups in total. The Hall–Kier alpha value is -2.93.